The minimum absolute atomic E-state index is 0.756. The third-order valence-corrected chi connectivity index (χ3v) is 2.04. The van der Waals surface area contributed by atoms with E-state index in [0.717, 1.165) is 16.6 Å². The zero-order valence-corrected chi connectivity index (χ0v) is 10.4. The molecule has 0 aromatic heterocycles. The SMILES string of the molecule is C=C(C)/N=C(\C=C/C)NC(=C)S/C=C\C. The third-order valence-electron chi connectivity index (χ3n) is 1.25. The Balaban J connectivity index is 4.42. The van der Waals surface area contributed by atoms with Gasteiger partial charge in [0.2, 0.25) is 0 Å². The van der Waals surface area contributed by atoms with E-state index in [0.29, 0.717) is 0 Å². The van der Waals surface area contributed by atoms with Crippen LogP contribution in [0.3, 0.4) is 0 Å². The number of allylic oxidation sites excluding steroid dienone is 3. The summed E-state index contributed by atoms with van der Waals surface area (Å²) in [5.41, 5.74) is 0.763. The first-order valence-corrected chi connectivity index (χ1v) is 5.58. The molecule has 0 amide bonds. The molecule has 0 aliphatic rings. The second-order valence-electron chi connectivity index (χ2n) is 2.87. The Morgan fingerprint density at radius 1 is 1.27 bits per heavy atom. The molecule has 0 radical (unpaired) electrons. The number of hydrogen-bond donors (Lipinski definition) is 1. The smallest absolute Gasteiger partial charge is 0.130 e. The van der Waals surface area contributed by atoms with Gasteiger partial charge in [0.25, 0.3) is 0 Å². The van der Waals surface area contributed by atoms with Crippen molar-refractivity contribution in [2.24, 2.45) is 4.99 Å². The maximum atomic E-state index is 4.24. The Labute approximate surface area is 96.6 Å². The molecule has 82 valence electrons. The lowest BCUT2D eigenvalue weighted by atomic mass is 10.4. The summed E-state index contributed by atoms with van der Waals surface area (Å²) in [7, 11) is 0. The standard InChI is InChI=1S/C12H18N2S/c1-6-8-12(13-10(3)4)14-11(5)15-9-7-2/h6-9H,3,5H2,1-2,4H3,(H,13,14)/b8-6-,9-7-. The van der Waals surface area contributed by atoms with Crippen molar-refractivity contribution in [2.75, 3.05) is 0 Å². The van der Waals surface area contributed by atoms with Crippen LogP contribution in [0.1, 0.15) is 20.8 Å². The molecule has 0 unspecified atom stereocenters. The zero-order chi connectivity index (χ0) is 11.7. The average molecular weight is 222 g/mol. The van der Waals surface area contributed by atoms with Crippen LogP contribution in [0.15, 0.2) is 52.5 Å². The highest BCUT2D eigenvalue weighted by Crippen LogP contribution is 2.11. The number of rotatable bonds is 5. The monoisotopic (exact) mass is 222 g/mol. The summed E-state index contributed by atoms with van der Waals surface area (Å²) in [5, 5.41) is 5.90. The van der Waals surface area contributed by atoms with E-state index >= 15 is 0 Å². The molecule has 1 N–H and O–H groups in total. The molecule has 15 heavy (non-hydrogen) atoms. The van der Waals surface area contributed by atoms with Crippen LogP contribution >= 0.6 is 11.8 Å². The Morgan fingerprint density at radius 2 is 1.93 bits per heavy atom. The molecule has 0 heterocycles. The maximum absolute atomic E-state index is 4.24. The van der Waals surface area contributed by atoms with Gasteiger partial charge >= 0.3 is 0 Å². The molecule has 0 aliphatic carbocycles. The predicted molar refractivity (Wildman–Crippen MR) is 71.7 cm³/mol. The van der Waals surface area contributed by atoms with E-state index in [2.05, 4.69) is 23.5 Å². The predicted octanol–water partition coefficient (Wildman–Crippen LogP) is 3.82. The highest BCUT2D eigenvalue weighted by molar-refractivity contribution is 8.05. The molecule has 0 aliphatic heterocycles. The first-order chi connectivity index (χ1) is 7.10. The van der Waals surface area contributed by atoms with Crippen LogP contribution in [0.25, 0.3) is 0 Å². The average Bonchev–Trinajstić information content (AvgIpc) is 2.14. The molecule has 0 fully saturated rings. The third kappa shape index (κ3) is 7.82. The topological polar surface area (TPSA) is 24.4 Å². The molecule has 0 aromatic rings. The van der Waals surface area contributed by atoms with Gasteiger partial charge < -0.3 is 5.32 Å². The zero-order valence-electron chi connectivity index (χ0n) is 9.58. The summed E-state index contributed by atoms with van der Waals surface area (Å²) in [4.78, 5) is 4.24. The number of nitrogens with one attached hydrogen (secondary N) is 1. The summed E-state index contributed by atoms with van der Waals surface area (Å²) in [5.74, 6) is 0.756. The van der Waals surface area contributed by atoms with Crippen molar-refractivity contribution in [3.8, 4) is 0 Å². The Morgan fingerprint density at radius 3 is 2.40 bits per heavy atom. The number of amidine groups is 1. The Bertz CT molecular complexity index is 312. The largest absolute Gasteiger partial charge is 0.335 e. The van der Waals surface area contributed by atoms with E-state index < -0.39 is 0 Å². The van der Waals surface area contributed by atoms with Crippen LogP contribution in [0, 0.1) is 0 Å². The van der Waals surface area contributed by atoms with E-state index in [1.54, 1.807) is 0 Å². The fourth-order valence-electron chi connectivity index (χ4n) is 0.793. The summed E-state index contributed by atoms with van der Waals surface area (Å²) >= 11 is 1.53. The Kier molecular flexibility index (Phi) is 7.46. The van der Waals surface area contributed by atoms with E-state index in [-0.39, 0.29) is 0 Å². The van der Waals surface area contributed by atoms with Gasteiger partial charge in [-0.25, -0.2) is 4.99 Å². The lowest BCUT2D eigenvalue weighted by Gasteiger charge is -2.06. The van der Waals surface area contributed by atoms with Crippen molar-refractivity contribution in [1.29, 1.82) is 0 Å². The lowest BCUT2D eigenvalue weighted by molar-refractivity contribution is 1.21. The molecular weight excluding hydrogens is 204 g/mol. The molecule has 0 aromatic carbocycles. The van der Waals surface area contributed by atoms with Crippen LogP contribution in [-0.4, -0.2) is 5.84 Å². The van der Waals surface area contributed by atoms with E-state index in [4.69, 9.17) is 0 Å². The number of nitrogens with zero attached hydrogens (tertiary/aromatic N) is 1. The van der Waals surface area contributed by atoms with Gasteiger partial charge in [-0.3, -0.25) is 0 Å². The molecule has 0 rings (SSSR count). The fourth-order valence-corrected chi connectivity index (χ4v) is 1.26. The van der Waals surface area contributed by atoms with E-state index in [9.17, 15) is 0 Å². The first-order valence-electron chi connectivity index (χ1n) is 4.70. The molecular formula is C12H18N2S. The molecule has 0 atom stereocenters. The van der Waals surface area contributed by atoms with Gasteiger partial charge in [-0.05, 0) is 32.3 Å². The Hall–Kier alpha value is -1.22. The van der Waals surface area contributed by atoms with Gasteiger partial charge in [0.1, 0.15) is 5.84 Å². The number of hydrogen-bond acceptors (Lipinski definition) is 2. The molecule has 0 spiro atoms. The van der Waals surface area contributed by atoms with Gasteiger partial charge in [-0.15, -0.1) is 0 Å². The van der Waals surface area contributed by atoms with Crippen molar-refractivity contribution >= 4 is 17.6 Å². The van der Waals surface area contributed by atoms with Crippen LogP contribution in [0.5, 0.6) is 0 Å². The molecule has 0 bridgehead atoms. The van der Waals surface area contributed by atoms with Crippen LogP contribution < -0.4 is 5.32 Å². The maximum Gasteiger partial charge on any atom is 0.130 e. The van der Waals surface area contributed by atoms with Crippen molar-refractivity contribution in [1.82, 2.24) is 5.32 Å². The summed E-state index contributed by atoms with van der Waals surface area (Å²) in [6.45, 7) is 13.4. The van der Waals surface area contributed by atoms with Gasteiger partial charge in [0.15, 0.2) is 0 Å². The van der Waals surface area contributed by atoms with Crippen molar-refractivity contribution in [3.05, 3.63) is 47.5 Å². The minimum Gasteiger partial charge on any atom is -0.335 e. The molecule has 3 heteroatoms. The van der Waals surface area contributed by atoms with E-state index in [1.807, 2.05) is 44.4 Å². The summed E-state index contributed by atoms with van der Waals surface area (Å²) in [6, 6.07) is 0. The lowest BCUT2D eigenvalue weighted by Crippen LogP contribution is -2.18. The van der Waals surface area contributed by atoms with Crippen LogP contribution in [0.4, 0.5) is 0 Å². The van der Waals surface area contributed by atoms with E-state index in [1.165, 1.54) is 11.8 Å². The second kappa shape index (κ2) is 8.12. The van der Waals surface area contributed by atoms with Gasteiger partial charge in [0, 0.05) is 5.70 Å². The quantitative estimate of drug-likeness (QED) is 0.565. The van der Waals surface area contributed by atoms with Crippen molar-refractivity contribution in [3.63, 3.8) is 0 Å². The van der Waals surface area contributed by atoms with Gasteiger partial charge in [-0.2, -0.15) is 0 Å². The number of thioether (sulfide) groups is 1. The first kappa shape index (κ1) is 13.8. The second-order valence-corrected chi connectivity index (χ2v) is 3.87. The van der Waals surface area contributed by atoms with Gasteiger partial charge in [0.05, 0.1) is 5.03 Å². The van der Waals surface area contributed by atoms with Crippen LogP contribution in [0.2, 0.25) is 0 Å². The molecule has 0 saturated heterocycles. The summed E-state index contributed by atoms with van der Waals surface area (Å²) in [6.07, 6.45) is 5.77. The normalized spacial score (nSPS) is 12.3. The highest BCUT2D eigenvalue weighted by atomic mass is 32.2. The van der Waals surface area contributed by atoms with Crippen molar-refractivity contribution in [2.45, 2.75) is 20.8 Å². The fraction of sp³-hybridized carbons (Fsp3) is 0.250. The molecule has 2 nitrogen and oxygen atoms in total. The highest BCUT2D eigenvalue weighted by Gasteiger charge is 1.96. The minimum atomic E-state index is 0.756. The number of aliphatic imine (C=N–C) groups is 1. The van der Waals surface area contributed by atoms with Crippen molar-refractivity contribution < 1.29 is 0 Å². The summed E-state index contributed by atoms with van der Waals surface area (Å²) < 4.78 is 0. The molecule has 0 saturated carbocycles. The van der Waals surface area contributed by atoms with Crippen LogP contribution in [-0.2, 0) is 0 Å². The van der Waals surface area contributed by atoms with Gasteiger partial charge in [-0.1, -0.05) is 37.1 Å².